The maximum absolute atomic E-state index is 12.2. The van der Waals surface area contributed by atoms with Crippen LogP contribution < -0.4 is 11.1 Å². The average Bonchev–Trinajstić information content (AvgIpc) is 2.36. The standard InChI is InChI=1S/C12H16ClN3O2/c1-3-12(2,10(14)16-18)11(17)15-9-6-4-5-8(13)7-9/h4-7,18H,3H2,1-2H3,(H2,14,16)(H,15,17). The highest BCUT2D eigenvalue weighted by Gasteiger charge is 2.36. The molecule has 1 aromatic rings. The summed E-state index contributed by atoms with van der Waals surface area (Å²) in [6, 6.07) is 6.78. The Morgan fingerprint density at radius 1 is 1.61 bits per heavy atom. The summed E-state index contributed by atoms with van der Waals surface area (Å²) in [4.78, 5) is 12.2. The van der Waals surface area contributed by atoms with Gasteiger partial charge >= 0.3 is 0 Å². The van der Waals surface area contributed by atoms with Crippen LogP contribution in [-0.4, -0.2) is 17.0 Å². The molecular weight excluding hydrogens is 254 g/mol. The second-order valence-corrected chi connectivity index (χ2v) is 4.57. The molecule has 98 valence electrons. The van der Waals surface area contributed by atoms with Crippen molar-refractivity contribution in [1.29, 1.82) is 0 Å². The van der Waals surface area contributed by atoms with Crippen molar-refractivity contribution in [2.24, 2.45) is 16.3 Å². The molecule has 0 saturated heterocycles. The minimum Gasteiger partial charge on any atom is -0.409 e. The molecule has 6 heteroatoms. The van der Waals surface area contributed by atoms with Gasteiger partial charge in [-0.1, -0.05) is 29.7 Å². The van der Waals surface area contributed by atoms with Crippen LogP contribution in [-0.2, 0) is 4.79 Å². The number of nitrogens with one attached hydrogen (secondary N) is 1. The molecule has 1 unspecified atom stereocenters. The monoisotopic (exact) mass is 269 g/mol. The summed E-state index contributed by atoms with van der Waals surface area (Å²) >= 11 is 5.83. The van der Waals surface area contributed by atoms with Crippen LogP contribution in [0.2, 0.25) is 5.02 Å². The van der Waals surface area contributed by atoms with Crippen molar-refractivity contribution in [3.05, 3.63) is 29.3 Å². The van der Waals surface area contributed by atoms with Crippen LogP contribution in [0.4, 0.5) is 5.69 Å². The zero-order valence-electron chi connectivity index (χ0n) is 10.3. The summed E-state index contributed by atoms with van der Waals surface area (Å²) in [6.07, 6.45) is 0.412. The van der Waals surface area contributed by atoms with Crippen LogP contribution in [0.25, 0.3) is 0 Å². The van der Waals surface area contributed by atoms with E-state index in [9.17, 15) is 4.79 Å². The van der Waals surface area contributed by atoms with E-state index in [4.69, 9.17) is 22.5 Å². The number of carbonyl (C=O) groups excluding carboxylic acids is 1. The highest BCUT2D eigenvalue weighted by Crippen LogP contribution is 2.24. The zero-order chi connectivity index (χ0) is 13.8. The lowest BCUT2D eigenvalue weighted by atomic mass is 9.85. The fraction of sp³-hybridized carbons (Fsp3) is 0.333. The largest absolute Gasteiger partial charge is 0.409 e. The summed E-state index contributed by atoms with van der Waals surface area (Å²) in [5, 5.41) is 14.9. The first-order valence-corrected chi connectivity index (χ1v) is 5.87. The molecule has 1 aromatic carbocycles. The SMILES string of the molecule is CCC(C)(C(=O)Nc1cccc(Cl)c1)/C(N)=N/O. The number of amidine groups is 1. The second kappa shape index (κ2) is 5.73. The summed E-state index contributed by atoms with van der Waals surface area (Å²) < 4.78 is 0. The molecule has 0 aliphatic carbocycles. The number of nitrogens with zero attached hydrogens (tertiary/aromatic N) is 1. The van der Waals surface area contributed by atoms with Gasteiger partial charge in [0.1, 0.15) is 5.41 Å². The van der Waals surface area contributed by atoms with Gasteiger partial charge < -0.3 is 16.3 Å². The van der Waals surface area contributed by atoms with Crippen molar-refractivity contribution < 1.29 is 10.0 Å². The maximum Gasteiger partial charge on any atom is 0.238 e. The van der Waals surface area contributed by atoms with Crippen LogP contribution in [0.5, 0.6) is 0 Å². The number of halogens is 1. The summed E-state index contributed by atoms with van der Waals surface area (Å²) in [6.45, 7) is 3.40. The third-order valence-corrected chi connectivity index (χ3v) is 3.20. The Labute approximate surface area is 111 Å². The van der Waals surface area contributed by atoms with Gasteiger partial charge in [-0.05, 0) is 31.5 Å². The van der Waals surface area contributed by atoms with E-state index in [1.54, 1.807) is 38.1 Å². The molecule has 0 aromatic heterocycles. The van der Waals surface area contributed by atoms with Gasteiger partial charge in [0.2, 0.25) is 5.91 Å². The first-order chi connectivity index (χ1) is 8.43. The van der Waals surface area contributed by atoms with Gasteiger partial charge in [-0.25, -0.2) is 0 Å². The third kappa shape index (κ3) is 2.92. The highest BCUT2D eigenvalue weighted by atomic mass is 35.5. The number of carbonyl (C=O) groups is 1. The van der Waals surface area contributed by atoms with E-state index in [1.807, 2.05) is 0 Å². The minimum atomic E-state index is -1.06. The Morgan fingerprint density at radius 2 is 2.28 bits per heavy atom. The van der Waals surface area contributed by atoms with E-state index in [-0.39, 0.29) is 11.7 Å². The number of oxime groups is 1. The molecule has 0 aliphatic heterocycles. The fourth-order valence-corrected chi connectivity index (χ4v) is 1.59. The van der Waals surface area contributed by atoms with Gasteiger partial charge in [0.25, 0.3) is 0 Å². The summed E-state index contributed by atoms with van der Waals surface area (Å²) in [5.74, 6) is -0.466. The molecule has 0 bridgehead atoms. The van der Waals surface area contributed by atoms with Crippen molar-refractivity contribution in [2.75, 3.05) is 5.32 Å². The van der Waals surface area contributed by atoms with Crippen LogP contribution >= 0.6 is 11.6 Å². The van der Waals surface area contributed by atoms with Crippen LogP contribution in [0.3, 0.4) is 0 Å². The van der Waals surface area contributed by atoms with E-state index in [0.717, 1.165) is 0 Å². The number of hydrogen-bond donors (Lipinski definition) is 3. The van der Waals surface area contributed by atoms with Crippen LogP contribution in [0, 0.1) is 5.41 Å². The molecule has 1 amide bonds. The van der Waals surface area contributed by atoms with Crippen LogP contribution in [0.15, 0.2) is 29.4 Å². The smallest absolute Gasteiger partial charge is 0.238 e. The molecule has 1 atom stereocenters. The number of amides is 1. The van der Waals surface area contributed by atoms with Gasteiger partial charge in [0.15, 0.2) is 5.84 Å². The van der Waals surface area contributed by atoms with Crippen molar-refractivity contribution in [2.45, 2.75) is 20.3 Å². The topological polar surface area (TPSA) is 87.7 Å². The Morgan fingerprint density at radius 3 is 2.78 bits per heavy atom. The molecular formula is C12H16ClN3O2. The summed E-state index contributed by atoms with van der Waals surface area (Å²) in [7, 11) is 0. The molecule has 0 aliphatic rings. The zero-order valence-corrected chi connectivity index (χ0v) is 11.0. The molecule has 1 rings (SSSR count). The number of anilines is 1. The molecule has 0 fully saturated rings. The Kier molecular flexibility index (Phi) is 4.55. The van der Waals surface area contributed by atoms with Crippen molar-refractivity contribution in [3.8, 4) is 0 Å². The lowest BCUT2D eigenvalue weighted by Gasteiger charge is -2.25. The molecule has 18 heavy (non-hydrogen) atoms. The molecule has 0 saturated carbocycles. The average molecular weight is 270 g/mol. The van der Waals surface area contributed by atoms with E-state index in [2.05, 4.69) is 10.5 Å². The quantitative estimate of drug-likeness (QED) is 0.339. The first-order valence-electron chi connectivity index (χ1n) is 5.49. The Balaban J connectivity index is 2.94. The summed E-state index contributed by atoms with van der Waals surface area (Å²) in [5.41, 5.74) is 5.07. The van der Waals surface area contributed by atoms with Gasteiger partial charge in [-0.15, -0.1) is 0 Å². The second-order valence-electron chi connectivity index (χ2n) is 4.14. The predicted molar refractivity (Wildman–Crippen MR) is 71.9 cm³/mol. The minimum absolute atomic E-state index is 0.121. The number of nitrogens with two attached hydrogens (primary N) is 1. The number of benzene rings is 1. The Hall–Kier alpha value is -1.75. The molecule has 0 heterocycles. The van der Waals surface area contributed by atoms with E-state index >= 15 is 0 Å². The van der Waals surface area contributed by atoms with Gasteiger partial charge in [-0.3, -0.25) is 4.79 Å². The van der Waals surface area contributed by atoms with E-state index < -0.39 is 5.41 Å². The molecule has 5 nitrogen and oxygen atoms in total. The maximum atomic E-state index is 12.2. The van der Waals surface area contributed by atoms with Gasteiger partial charge in [0, 0.05) is 10.7 Å². The molecule has 0 spiro atoms. The van der Waals surface area contributed by atoms with Crippen LogP contribution in [0.1, 0.15) is 20.3 Å². The lowest BCUT2D eigenvalue weighted by molar-refractivity contribution is -0.121. The molecule has 4 N–H and O–H groups in total. The lowest BCUT2D eigenvalue weighted by Crippen LogP contribution is -2.44. The highest BCUT2D eigenvalue weighted by molar-refractivity contribution is 6.31. The van der Waals surface area contributed by atoms with E-state index in [0.29, 0.717) is 17.1 Å². The fourth-order valence-electron chi connectivity index (χ4n) is 1.40. The van der Waals surface area contributed by atoms with Gasteiger partial charge in [-0.2, -0.15) is 0 Å². The van der Waals surface area contributed by atoms with E-state index in [1.165, 1.54) is 0 Å². The van der Waals surface area contributed by atoms with Gasteiger partial charge in [0.05, 0.1) is 0 Å². The third-order valence-electron chi connectivity index (χ3n) is 2.96. The normalized spacial score (nSPS) is 14.9. The van der Waals surface area contributed by atoms with Crippen molar-refractivity contribution in [1.82, 2.24) is 0 Å². The number of hydrogen-bond acceptors (Lipinski definition) is 3. The first kappa shape index (κ1) is 14.3. The molecule has 0 radical (unpaired) electrons. The Bertz CT molecular complexity index is 476. The van der Waals surface area contributed by atoms with Crippen molar-refractivity contribution in [3.63, 3.8) is 0 Å². The van der Waals surface area contributed by atoms with Crippen molar-refractivity contribution >= 4 is 29.0 Å². The number of rotatable bonds is 4. The predicted octanol–water partition coefficient (Wildman–Crippen LogP) is 2.44.